The van der Waals surface area contributed by atoms with Crippen LogP contribution in [0, 0.1) is 13.8 Å². The van der Waals surface area contributed by atoms with Crippen LogP contribution in [-0.2, 0) is 16.1 Å². The van der Waals surface area contributed by atoms with Gasteiger partial charge in [-0.2, -0.15) is 0 Å². The first-order valence-corrected chi connectivity index (χ1v) is 14.5. The average molecular weight is 594 g/mol. The van der Waals surface area contributed by atoms with E-state index in [1.54, 1.807) is 32.4 Å². The smallest absolute Gasteiger partial charge is 0.244 e. The number of aryl methyl sites for hydroxylation is 2. The lowest BCUT2D eigenvalue weighted by molar-refractivity contribution is -0.132. The monoisotopic (exact) mass is 593 g/mol. The third-order valence-electron chi connectivity index (χ3n) is 5.92. The average Bonchev–Trinajstić information content (AvgIpc) is 3.43. The van der Waals surface area contributed by atoms with Crippen molar-refractivity contribution >= 4 is 40.6 Å². The number of amides is 2. The number of thiazole rings is 1. The van der Waals surface area contributed by atoms with Gasteiger partial charge in [-0.3, -0.25) is 9.59 Å². The number of benzene rings is 2. The largest absolute Gasteiger partial charge is 0.497 e. The number of anilines is 1. The van der Waals surface area contributed by atoms with E-state index < -0.39 is 0 Å². The van der Waals surface area contributed by atoms with E-state index in [1.165, 1.54) is 35.1 Å². The fourth-order valence-corrected chi connectivity index (χ4v) is 5.58. The highest BCUT2D eigenvalue weighted by molar-refractivity contribution is 7.99. The van der Waals surface area contributed by atoms with E-state index in [4.69, 9.17) is 19.2 Å². The molecule has 0 bridgehead atoms. The van der Waals surface area contributed by atoms with Crippen LogP contribution >= 0.6 is 23.1 Å². The number of nitrogens with zero attached hydrogens (tertiary/aromatic N) is 4. The maximum atomic E-state index is 13.4. The van der Waals surface area contributed by atoms with Crippen molar-refractivity contribution in [2.75, 3.05) is 38.9 Å². The van der Waals surface area contributed by atoms with Gasteiger partial charge in [0.15, 0.2) is 5.16 Å². The zero-order valence-corrected chi connectivity index (χ0v) is 25.1. The molecule has 0 fully saturated rings. The Morgan fingerprint density at radius 3 is 2.24 bits per heavy atom. The number of rotatable bonds is 12. The molecule has 12 heteroatoms. The molecule has 0 radical (unpaired) electrons. The van der Waals surface area contributed by atoms with Crippen LogP contribution in [0.25, 0.3) is 11.3 Å². The number of ether oxygens (including phenoxy) is 3. The van der Waals surface area contributed by atoms with Gasteiger partial charge in [-0.25, -0.2) is 15.0 Å². The first kappa shape index (κ1) is 29.8. The molecule has 0 saturated heterocycles. The van der Waals surface area contributed by atoms with Gasteiger partial charge in [0.05, 0.1) is 45.0 Å². The summed E-state index contributed by atoms with van der Waals surface area (Å²) in [6.45, 7) is 3.75. The van der Waals surface area contributed by atoms with E-state index >= 15 is 0 Å². The Labute approximate surface area is 247 Å². The number of hydrogen-bond donors (Lipinski definition) is 1. The Hall–Kier alpha value is -4.16. The minimum atomic E-state index is -0.374. The molecule has 1 N–H and O–H groups in total. The Bertz CT molecular complexity index is 1490. The third kappa shape index (κ3) is 8.18. The van der Waals surface area contributed by atoms with Crippen LogP contribution in [0.2, 0.25) is 0 Å². The molecule has 4 rings (SSSR count). The molecule has 2 heterocycles. The highest BCUT2D eigenvalue weighted by Crippen LogP contribution is 2.29. The van der Waals surface area contributed by atoms with Gasteiger partial charge in [0, 0.05) is 28.4 Å². The number of nitrogens with one attached hydrogen (secondary N) is 1. The van der Waals surface area contributed by atoms with Gasteiger partial charge in [0.1, 0.15) is 28.8 Å². The quantitative estimate of drug-likeness (QED) is 0.179. The van der Waals surface area contributed by atoms with E-state index in [1.807, 2.05) is 49.6 Å². The zero-order valence-electron chi connectivity index (χ0n) is 23.5. The van der Waals surface area contributed by atoms with Crippen LogP contribution in [0.4, 0.5) is 5.69 Å². The van der Waals surface area contributed by atoms with Crippen LogP contribution in [-0.4, -0.2) is 65.3 Å². The van der Waals surface area contributed by atoms with E-state index in [2.05, 4.69) is 15.3 Å². The van der Waals surface area contributed by atoms with Crippen molar-refractivity contribution in [2.24, 2.45) is 0 Å². The second-order valence-corrected chi connectivity index (χ2v) is 10.8. The van der Waals surface area contributed by atoms with Gasteiger partial charge in [-0.05, 0) is 56.3 Å². The number of methoxy groups -OCH3 is 3. The maximum Gasteiger partial charge on any atom is 0.244 e. The summed E-state index contributed by atoms with van der Waals surface area (Å²) in [4.78, 5) is 41.6. The van der Waals surface area contributed by atoms with Crippen LogP contribution in [0.15, 0.2) is 59.1 Å². The maximum absolute atomic E-state index is 13.4. The molecule has 0 aliphatic rings. The summed E-state index contributed by atoms with van der Waals surface area (Å²) >= 11 is 2.66. The molecule has 0 aliphatic heterocycles. The zero-order chi connectivity index (χ0) is 29.4. The molecule has 214 valence electrons. The second kappa shape index (κ2) is 14.0. The molecule has 0 unspecified atom stereocenters. The van der Waals surface area contributed by atoms with Gasteiger partial charge in [-0.1, -0.05) is 11.8 Å². The SMILES string of the molecule is COc1ccc(-c2csc(CN(CC(=O)Nc3ccc(OC)cc3OC)C(=O)CSc3nc(C)cc(C)n3)n2)cc1. The molecule has 0 atom stereocenters. The lowest BCUT2D eigenvalue weighted by atomic mass is 10.2. The summed E-state index contributed by atoms with van der Waals surface area (Å²) in [6.07, 6.45) is 0. The van der Waals surface area contributed by atoms with Crippen LogP contribution in [0.5, 0.6) is 17.2 Å². The Morgan fingerprint density at radius 1 is 0.902 bits per heavy atom. The molecule has 2 aromatic heterocycles. The molecule has 10 nitrogen and oxygen atoms in total. The van der Waals surface area contributed by atoms with Gasteiger partial charge < -0.3 is 24.4 Å². The minimum Gasteiger partial charge on any atom is -0.497 e. The molecule has 41 heavy (non-hydrogen) atoms. The fraction of sp³-hybridized carbons (Fsp3) is 0.276. The van der Waals surface area contributed by atoms with E-state index in [9.17, 15) is 9.59 Å². The number of carbonyl (C=O) groups is 2. The summed E-state index contributed by atoms with van der Waals surface area (Å²) in [5, 5.41) is 5.99. The first-order chi connectivity index (χ1) is 19.8. The fourth-order valence-electron chi connectivity index (χ4n) is 3.91. The molecular formula is C29H31N5O5S2. The van der Waals surface area contributed by atoms with Crippen molar-refractivity contribution in [1.29, 1.82) is 0 Å². The highest BCUT2D eigenvalue weighted by atomic mass is 32.2. The van der Waals surface area contributed by atoms with Gasteiger partial charge in [-0.15, -0.1) is 11.3 Å². The molecule has 2 aromatic carbocycles. The predicted octanol–water partition coefficient (Wildman–Crippen LogP) is 5.00. The van der Waals surface area contributed by atoms with Crippen LogP contribution in [0.3, 0.4) is 0 Å². The topological polar surface area (TPSA) is 116 Å². The molecule has 0 spiro atoms. The summed E-state index contributed by atoms with van der Waals surface area (Å²) in [5.74, 6) is 1.25. The normalized spacial score (nSPS) is 10.7. The van der Waals surface area contributed by atoms with E-state index in [0.29, 0.717) is 27.4 Å². The third-order valence-corrected chi connectivity index (χ3v) is 7.59. The number of hydrogen-bond acceptors (Lipinski definition) is 10. The Kier molecular flexibility index (Phi) is 10.1. The van der Waals surface area contributed by atoms with Crippen LogP contribution < -0.4 is 19.5 Å². The van der Waals surface area contributed by atoms with E-state index in [-0.39, 0.29) is 30.7 Å². The lowest BCUT2D eigenvalue weighted by Gasteiger charge is -2.21. The molecule has 0 saturated carbocycles. The van der Waals surface area contributed by atoms with Crippen LogP contribution in [0.1, 0.15) is 16.4 Å². The predicted molar refractivity (Wildman–Crippen MR) is 160 cm³/mol. The summed E-state index contributed by atoms with van der Waals surface area (Å²) in [5.41, 5.74) is 3.83. The first-order valence-electron chi connectivity index (χ1n) is 12.6. The lowest BCUT2D eigenvalue weighted by Crippen LogP contribution is -2.38. The van der Waals surface area contributed by atoms with Crippen molar-refractivity contribution in [1.82, 2.24) is 19.9 Å². The summed E-state index contributed by atoms with van der Waals surface area (Å²) in [6, 6.07) is 14.6. The second-order valence-electron chi connectivity index (χ2n) is 8.94. The number of aromatic nitrogens is 3. The molecule has 4 aromatic rings. The number of carbonyl (C=O) groups excluding carboxylic acids is 2. The van der Waals surface area contributed by atoms with E-state index in [0.717, 1.165) is 28.4 Å². The van der Waals surface area contributed by atoms with Gasteiger partial charge in [0.2, 0.25) is 11.8 Å². The summed E-state index contributed by atoms with van der Waals surface area (Å²) in [7, 11) is 4.68. The standard InChI is InChI=1S/C29H31N5O5S2/c1-18-12-19(2)31-29(30-18)41-17-28(36)34(14-26(35)32-23-11-10-22(38-4)13-25(23)39-5)15-27-33-24(16-40-27)20-6-8-21(37-3)9-7-20/h6-13,16H,14-15,17H2,1-5H3,(H,32,35). The van der Waals surface area contributed by atoms with Gasteiger partial charge >= 0.3 is 0 Å². The minimum absolute atomic E-state index is 0.0682. The molecule has 2 amide bonds. The highest BCUT2D eigenvalue weighted by Gasteiger charge is 2.21. The van der Waals surface area contributed by atoms with Crippen molar-refractivity contribution in [2.45, 2.75) is 25.5 Å². The number of thioether (sulfide) groups is 1. The Balaban J connectivity index is 1.51. The van der Waals surface area contributed by atoms with Crippen molar-refractivity contribution in [3.05, 3.63) is 70.3 Å². The summed E-state index contributed by atoms with van der Waals surface area (Å²) < 4.78 is 15.9. The Morgan fingerprint density at radius 2 is 1.59 bits per heavy atom. The van der Waals surface area contributed by atoms with Crippen molar-refractivity contribution < 1.29 is 23.8 Å². The molecular weight excluding hydrogens is 562 g/mol. The molecule has 0 aliphatic carbocycles. The van der Waals surface area contributed by atoms with Crippen molar-refractivity contribution in [3.8, 4) is 28.5 Å². The van der Waals surface area contributed by atoms with Crippen molar-refractivity contribution in [3.63, 3.8) is 0 Å². The van der Waals surface area contributed by atoms with Gasteiger partial charge in [0.25, 0.3) is 0 Å².